The molecule has 5 aromatic rings. The fourth-order valence-corrected chi connectivity index (χ4v) is 3.29. The van der Waals surface area contributed by atoms with Gasteiger partial charge in [0.15, 0.2) is 23.6 Å². The number of nitrogens with one attached hydrogen (secondary N) is 1. The number of nitrogens with zero attached hydrogens (tertiary/aromatic N) is 6. The molecule has 0 aliphatic rings. The summed E-state index contributed by atoms with van der Waals surface area (Å²) in [4.78, 5) is 25.0. The van der Waals surface area contributed by atoms with Gasteiger partial charge in [0, 0.05) is 12.6 Å². The Hall–Kier alpha value is -4.34. The van der Waals surface area contributed by atoms with Crippen LogP contribution in [0.5, 0.6) is 0 Å². The summed E-state index contributed by atoms with van der Waals surface area (Å²) in [6.45, 7) is 1.89. The molecule has 0 saturated carbocycles. The van der Waals surface area contributed by atoms with Gasteiger partial charge in [0.1, 0.15) is 23.6 Å². The first-order chi connectivity index (χ1) is 15.0. The zero-order chi connectivity index (χ0) is 21.5. The van der Waals surface area contributed by atoms with Crippen LogP contribution in [0.4, 0.5) is 10.2 Å². The van der Waals surface area contributed by atoms with Crippen LogP contribution in [0.1, 0.15) is 16.3 Å². The number of hydrogen-bond donors (Lipinski definition) is 1. The molecule has 5 rings (SSSR count). The van der Waals surface area contributed by atoms with Gasteiger partial charge in [-0.3, -0.25) is 4.79 Å². The number of anilines is 1. The van der Waals surface area contributed by atoms with Crippen LogP contribution in [0.15, 0.2) is 59.7 Å². The Morgan fingerprint density at radius 1 is 1.13 bits per heavy atom. The highest BCUT2D eigenvalue weighted by atomic mass is 19.1. The Labute approximate surface area is 175 Å². The second kappa shape index (κ2) is 7.17. The number of carbonyl (C=O) groups excluding carboxylic acids is 1. The molecule has 0 aliphatic heterocycles. The fraction of sp³-hybridized carbons (Fsp3) is 0.0952. The third-order valence-corrected chi connectivity index (χ3v) is 4.91. The Kier molecular flexibility index (Phi) is 4.32. The molecule has 31 heavy (non-hydrogen) atoms. The minimum absolute atomic E-state index is 0.153. The number of oxazole rings is 1. The molecule has 0 atom stereocenters. The maximum atomic E-state index is 13.4. The Morgan fingerprint density at radius 3 is 2.68 bits per heavy atom. The SMILES string of the molecule is Cc1nc(-c2ccc(F)cc2)c(-c2ccc3nc(NC(=O)c4cocn4)cn3n2)n1C. The number of halogens is 1. The molecule has 154 valence electrons. The highest BCUT2D eigenvalue weighted by Gasteiger charge is 2.19. The van der Waals surface area contributed by atoms with Crippen molar-refractivity contribution in [2.45, 2.75) is 6.92 Å². The molecule has 0 aliphatic carbocycles. The molecule has 0 unspecified atom stereocenters. The molecule has 1 N–H and O–H groups in total. The second-order valence-corrected chi connectivity index (χ2v) is 6.90. The van der Waals surface area contributed by atoms with Gasteiger partial charge in [-0.05, 0) is 43.3 Å². The first kappa shape index (κ1) is 18.7. The van der Waals surface area contributed by atoms with Crippen molar-refractivity contribution in [2.75, 3.05) is 5.32 Å². The summed E-state index contributed by atoms with van der Waals surface area (Å²) in [6, 6.07) is 9.81. The summed E-state index contributed by atoms with van der Waals surface area (Å²) >= 11 is 0. The van der Waals surface area contributed by atoms with Crippen LogP contribution in [0, 0.1) is 12.7 Å². The van der Waals surface area contributed by atoms with Crippen LogP contribution < -0.4 is 5.32 Å². The first-order valence-electron chi connectivity index (χ1n) is 9.35. The monoisotopic (exact) mass is 417 g/mol. The summed E-state index contributed by atoms with van der Waals surface area (Å²) in [5, 5.41) is 7.31. The van der Waals surface area contributed by atoms with E-state index in [2.05, 4.69) is 25.4 Å². The maximum Gasteiger partial charge on any atom is 0.278 e. The lowest BCUT2D eigenvalue weighted by Gasteiger charge is -2.07. The van der Waals surface area contributed by atoms with E-state index >= 15 is 0 Å². The van der Waals surface area contributed by atoms with Crippen molar-refractivity contribution in [2.24, 2.45) is 7.05 Å². The van der Waals surface area contributed by atoms with E-state index in [1.54, 1.807) is 28.9 Å². The van der Waals surface area contributed by atoms with Crippen molar-refractivity contribution >= 4 is 17.4 Å². The molecule has 10 heteroatoms. The minimum atomic E-state index is -0.432. The van der Waals surface area contributed by atoms with Gasteiger partial charge >= 0.3 is 0 Å². The molecule has 4 heterocycles. The topological polar surface area (TPSA) is 103 Å². The number of aromatic nitrogens is 6. The smallest absolute Gasteiger partial charge is 0.278 e. The minimum Gasteiger partial charge on any atom is -0.451 e. The zero-order valence-electron chi connectivity index (χ0n) is 16.6. The van der Waals surface area contributed by atoms with Crippen LogP contribution in [-0.4, -0.2) is 35.0 Å². The van der Waals surface area contributed by atoms with Gasteiger partial charge < -0.3 is 14.3 Å². The Morgan fingerprint density at radius 2 is 1.94 bits per heavy atom. The van der Waals surface area contributed by atoms with E-state index in [9.17, 15) is 9.18 Å². The quantitative estimate of drug-likeness (QED) is 0.480. The van der Waals surface area contributed by atoms with Crippen LogP contribution >= 0.6 is 0 Å². The average molecular weight is 417 g/mol. The lowest BCUT2D eigenvalue weighted by Crippen LogP contribution is -2.12. The van der Waals surface area contributed by atoms with Crippen molar-refractivity contribution < 1.29 is 13.6 Å². The van der Waals surface area contributed by atoms with Gasteiger partial charge in [-0.2, -0.15) is 5.10 Å². The molecule has 0 bridgehead atoms. The third-order valence-electron chi connectivity index (χ3n) is 4.91. The molecule has 0 spiro atoms. The molecule has 0 saturated heterocycles. The van der Waals surface area contributed by atoms with E-state index < -0.39 is 5.91 Å². The number of hydrogen-bond acceptors (Lipinski definition) is 6. The summed E-state index contributed by atoms with van der Waals surface area (Å²) in [6.07, 6.45) is 4.04. The molecule has 1 aromatic carbocycles. The lowest BCUT2D eigenvalue weighted by molar-refractivity contribution is 0.102. The molecule has 4 aromatic heterocycles. The number of amides is 1. The summed E-state index contributed by atoms with van der Waals surface area (Å²) < 4.78 is 21.7. The normalized spacial score (nSPS) is 11.2. The zero-order valence-corrected chi connectivity index (χ0v) is 16.6. The summed E-state index contributed by atoms with van der Waals surface area (Å²) in [5.74, 6) is 0.384. The van der Waals surface area contributed by atoms with E-state index in [0.29, 0.717) is 22.9 Å². The Bertz CT molecular complexity index is 1400. The van der Waals surface area contributed by atoms with E-state index in [1.165, 1.54) is 24.8 Å². The lowest BCUT2D eigenvalue weighted by atomic mass is 10.1. The number of imidazole rings is 2. The molecule has 1 amide bonds. The number of carbonyl (C=O) groups is 1. The third kappa shape index (κ3) is 3.33. The van der Waals surface area contributed by atoms with Crippen molar-refractivity contribution in [1.29, 1.82) is 0 Å². The van der Waals surface area contributed by atoms with Crippen LogP contribution in [0.3, 0.4) is 0 Å². The number of aryl methyl sites for hydroxylation is 1. The predicted molar refractivity (Wildman–Crippen MR) is 110 cm³/mol. The highest BCUT2D eigenvalue weighted by Crippen LogP contribution is 2.31. The summed E-state index contributed by atoms with van der Waals surface area (Å²) in [5.41, 5.74) is 3.63. The van der Waals surface area contributed by atoms with Gasteiger partial charge in [-0.15, -0.1) is 0 Å². The van der Waals surface area contributed by atoms with E-state index in [1.807, 2.05) is 24.6 Å². The molecule has 0 radical (unpaired) electrons. The molecule has 9 nitrogen and oxygen atoms in total. The number of benzene rings is 1. The average Bonchev–Trinajstić information content (AvgIpc) is 3.48. The van der Waals surface area contributed by atoms with Gasteiger partial charge in [-0.25, -0.2) is 23.9 Å². The maximum absolute atomic E-state index is 13.4. The van der Waals surface area contributed by atoms with Crippen molar-refractivity contribution in [3.63, 3.8) is 0 Å². The second-order valence-electron chi connectivity index (χ2n) is 6.90. The number of rotatable bonds is 4. The summed E-state index contributed by atoms with van der Waals surface area (Å²) in [7, 11) is 1.90. The van der Waals surface area contributed by atoms with Crippen LogP contribution in [0.25, 0.3) is 28.3 Å². The fourth-order valence-electron chi connectivity index (χ4n) is 3.29. The standard InChI is InChI=1S/C21H16FN7O2/c1-12-24-19(13-3-5-14(22)6-4-13)20(28(12)2)15-7-8-18-25-17(9-29(18)27-15)26-21(30)16-10-31-11-23-16/h3-11H,1-2H3,(H,26,30). The van der Waals surface area contributed by atoms with Gasteiger partial charge in [0.25, 0.3) is 5.91 Å². The number of fused-ring (bicyclic) bond motifs is 1. The predicted octanol–water partition coefficient (Wildman–Crippen LogP) is 3.48. The van der Waals surface area contributed by atoms with Crippen LogP contribution in [-0.2, 0) is 7.05 Å². The highest BCUT2D eigenvalue weighted by molar-refractivity contribution is 6.02. The molecular weight excluding hydrogens is 401 g/mol. The van der Waals surface area contributed by atoms with Crippen molar-refractivity contribution in [3.05, 3.63) is 72.6 Å². The molecule has 0 fully saturated rings. The molecular formula is C21H16FN7O2. The van der Waals surface area contributed by atoms with Gasteiger partial charge in [0.2, 0.25) is 0 Å². The van der Waals surface area contributed by atoms with E-state index in [0.717, 1.165) is 17.1 Å². The largest absolute Gasteiger partial charge is 0.451 e. The van der Waals surface area contributed by atoms with E-state index in [-0.39, 0.29) is 11.5 Å². The van der Waals surface area contributed by atoms with Crippen LogP contribution in [0.2, 0.25) is 0 Å². The van der Waals surface area contributed by atoms with Crippen molar-refractivity contribution in [1.82, 2.24) is 29.1 Å². The van der Waals surface area contributed by atoms with E-state index in [4.69, 9.17) is 4.42 Å². The first-order valence-corrected chi connectivity index (χ1v) is 9.35. The van der Waals surface area contributed by atoms with Gasteiger partial charge in [-0.1, -0.05) is 0 Å². The van der Waals surface area contributed by atoms with Crippen molar-refractivity contribution in [3.8, 4) is 22.6 Å². The van der Waals surface area contributed by atoms with Gasteiger partial charge in [0.05, 0.1) is 17.6 Å². The Balaban J connectivity index is 1.54.